The molecule has 1 aliphatic heterocycles. The third-order valence-corrected chi connectivity index (χ3v) is 3.02. The number of nitrogens with one attached hydrogen (secondary N) is 2. The first-order chi connectivity index (χ1) is 9.10. The summed E-state index contributed by atoms with van der Waals surface area (Å²) < 4.78 is 5.45. The number of anilines is 2. The molecule has 2 rings (SSSR count). The second-order valence-electron chi connectivity index (χ2n) is 4.48. The van der Waals surface area contributed by atoms with Gasteiger partial charge in [-0.3, -0.25) is 10.1 Å². The number of hydrogen-bond acceptors (Lipinski definition) is 7. The molecule has 8 heteroatoms. The highest BCUT2D eigenvalue weighted by molar-refractivity contribution is 5.57. The Hall–Kier alpha value is -1.96. The van der Waals surface area contributed by atoms with Crippen LogP contribution in [-0.2, 0) is 4.74 Å². The molecule has 0 spiro atoms. The van der Waals surface area contributed by atoms with E-state index in [9.17, 15) is 10.1 Å². The Kier molecular flexibility index (Phi) is 4.10. The molecule has 0 amide bonds. The molecule has 1 saturated heterocycles. The summed E-state index contributed by atoms with van der Waals surface area (Å²) in [5.41, 5.74) is -0.113. The summed E-state index contributed by atoms with van der Waals surface area (Å²) in [5.74, 6) is 0.608. The van der Waals surface area contributed by atoms with Crippen molar-refractivity contribution in [2.75, 3.05) is 24.3 Å². The van der Waals surface area contributed by atoms with Gasteiger partial charge in [-0.25, -0.2) is 4.98 Å². The zero-order valence-electron chi connectivity index (χ0n) is 10.9. The van der Waals surface area contributed by atoms with Gasteiger partial charge >= 0.3 is 5.69 Å². The fourth-order valence-corrected chi connectivity index (χ4v) is 2.06. The van der Waals surface area contributed by atoms with E-state index in [0.717, 1.165) is 12.8 Å². The van der Waals surface area contributed by atoms with Gasteiger partial charge in [0.15, 0.2) is 0 Å². The fraction of sp³-hybridized carbons (Fsp3) is 0.636. The van der Waals surface area contributed by atoms with Gasteiger partial charge in [-0.1, -0.05) is 0 Å². The minimum Gasteiger partial charge on any atom is -0.378 e. The summed E-state index contributed by atoms with van der Waals surface area (Å²) in [6, 6.07) is 0.127. The first-order valence-corrected chi connectivity index (χ1v) is 6.17. The smallest absolute Gasteiger partial charge is 0.329 e. The molecule has 19 heavy (non-hydrogen) atoms. The molecule has 1 aliphatic rings. The summed E-state index contributed by atoms with van der Waals surface area (Å²) in [4.78, 5) is 18.5. The van der Waals surface area contributed by atoms with E-state index in [1.165, 1.54) is 6.20 Å². The van der Waals surface area contributed by atoms with Crippen LogP contribution >= 0.6 is 0 Å². The van der Waals surface area contributed by atoms with Crippen LogP contribution in [-0.4, -0.2) is 40.7 Å². The monoisotopic (exact) mass is 267 g/mol. The Morgan fingerprint density at radius 1 is 1.58 bits per heavy atom. The Morgan fingerprint density at radius 2 is 2.37 bits per heavy atom. The molecule has 2 unspecified atom stereocenters. The molecule has 0 radical (unpaired) electrons. The number of nitro groups is 1. The van der Waals surface area contributed by atoms with Crippen molar-refractivity contribution in [3.05, 3.63) is 16.3 Å². The zero-order chi connectivity index (χ0) is 13.8. The van der Waals surface area contributed by atoms with Crippen LogP contribution in [0.3, 0.4) is 0 Å². The lowest BCUT2D eigenvalue weighted by Gasteiger charge is -2.28. The number of hydrogen-bond donors (Lipinski definition) is 2. The van der Waals surface area contributed by atoms with Crippen molar-refractivity contribution in [3.8, 4) is 0 Å². The Balaban J connectivity index is 2.19. The van der Waals surface area contributed by atoms with E-state index in [0.29, 0.717) is 12.6 Å². The Labute approximate surface area is 110 Å². The maximum Gasteiger partial charge on any atom is 0.329 e. The van der Waals surface area contributed by atoms with Gasteiger partial charge in [0, 0.05) is 19.7 Å². The van der Waals surface area contributed by atoms with Gasteiger partial charge in [-0.05, 0) is 19.8 Å². The first-order valence-electron chi connectivity index (χ1n) is 6.17. The summed E-state index contributed by atoms with van der Waals surface area (Å²) in [7, 11) is 1.67. The quantitative estimate of drug-likeness (QED) is 0.628. The molecule has 0 saturated carbocycles. The van der Waals surface area contributed by atoms with E-state index in [-0.39, 0.29) is 23.7 Å². The molecular weight excluding hydrogens is 250 g/mol. The minimum absolute atomic E-state index is 0.113. The molecule has 1 fully saturated rings. The standard InChI is InChI=1S/C11H17N5O3/c1-7-5-8(3-4-19-7)14-10-9(16(17)18)6-13-11(12-2)15-10/h6-8H,3-5H2,1-2H3,(H2,12,13,14,15). The molecule has 2 heterocycles. The van der Waals surface area contributed by atoms with Crippen molar-refractivity contribution in [3.63, 3.8) is 0 Å². The van der Waals surface area contributed by atoms with Crippen molar-refractivity contribution in [2.24, 2.45) is 0 Å². The van der Waals surface area contributed by atoms with E-state index >= 15 is 0 Å². The lowest BCUT2D eigenvalue weighted by atomic mass is 10.0. The topological polar surface area (TPSA) is 102 Å². The van der Waals surface area contributed by atoms with E-state index in [1.807, 2.05) is 6.92 Å². The third-order valence-electron chi connectivity index (χ3n) is 3.02. The van der Waals surface area contributed by atoms with Crippen LogP contribution in [0.2, 0.25) is 0 Å². The van der Waals surface area contributed by atoms with E-state index in [4.69, 9.17) is 4.74 Å². The molecular formula is C11H17N5O3. The molecule has 1 aromatic heterocycles. The Bertz CT molecular complexity index is 468. The SMILES string of the molecule is CNc1ncc([N+](=O)[O-])c(NC2CCOC(C)C2)n1. The molecule has 1 aromatic rings. The number of nitrogens with zero attached hydrogens (tertiary/aromatic N) is 3. The second kappa shape index (κ2) is 5.79. The highest BCUT2D eigenvalue weighted by Crippen LogP contribution is 2.25. The van der Waals surface area contributed by atoms with Crippen LogP contribution in [0.1, 0.15) is 19.8 Å². The predicted molar refractivity (Wildman–Crippen MR) is 70.3 cm³/mol. The number of ether oxygens (including phenoxy) is 1. The average molecular weight is 267 g/mol. The molecule has 0 aromatic carbocycles. The zero-order valence-corrected chi connectivity index (χ0v) is 10.9. The fourth-order valence-electron chi connectivity index (χ4n) is 2.06. The van der Waals surface area contributed by atoms with Crippen molar-refractivity contribution in [1.82, 2.24) is 9.97 Å². The predicted octanol–water partition coefficient (Wildman–Crippen LogP) is 1.41. The largest absolute Gasteiger partial charge is 0.378 e. The van der Waals surface area contributed by atoms with E-state index in [1.54, 1.807) is 7.05 Å². The van der Waals surface area contributed by atoms with E-state index < -0.39 is 4.92 Å². The molecule has 2 atom stereocenters. The van der Waals surface area contributed by atoms with E-state index in [2.05, 4.69) is 20.6 Å². The van der Waals surface area contributed by atoms with Crippen molar-refractivity contribution in [2.45, 2.75) is 31.9 Å². The molecule has 0 bridgehead atoms. The lowest BCUT2D eigenvalue weighted by molar-refractivity contribution is -0.384. The van der Waals surface area contributed by atoms with Crippen molar-refractivity contribution < 1.29 is 9.66 Å². The number of rotatable bonds is 4. The number of aromatic nitrogens is 2. The Morgan fingerprint density at radius 3 is 3.00 bits per heavy atom. The van der Waals surface area contributed by atoms with Gasteiger partial charge in [0.1, 0.15) is 6.20 Å². The van der Waals surface area contributed by atoms with Gasteiger partial charge in [0.25, 0.3) is 0 Å². The summed E-state index contributed by atoms with van der Waals surface area (Å²) in [6.45, 7) is 2.64. The van der Waals surface area contributed by atoms with Crippen LogP contribution in [0.25, 0.3) is 0 Å². The summed E-state index contributed by atoms with van der Waals surface area (Å²) in [5, 5.41) is 16.9. The van der Waals surface area contributed by atoms with Gasteiger partial charge < -0.3 is 15.4 Å². The normalized spacial score (nSPS) is 22.8. The van der Waals surface area contributed by atoms with Crippen molar-refractivity contribution in [1.29, 1.82) is 0 Å². The second-order valence-corrected chi connectivity index (χ2v) is 4.48. The van der Waals surface area contributed by atoms with Gasteiger partial charge in [-0.15, -0.1) is 0 Å². The van der Waals surface area contributed by atoms with Crippen LogP contribution < -0.4 is 10.6 Å². The van der Waals surface area contributed by atoms with Gasteiger partial charge in [0.05, 0.1) is 11.0 Å². The third kappa shape index (κ3) is 3.28. The molecule has 104 valence electrons. The highest BCUT2D eigenvalue weighted by Gasteiger charge is 2.24. The first kappa shape index (κ1) is 13.5. The van der Waals surface area contributed by atoms with Crippen LogP contribution in [0.4, 0.5) is 17.5 Å². The minimum atomic E-state index is -0.482. The van der Waals surface area contributed by atoms with Gasteiger partial charge in [-0.2, -0.15) is 4.98 Å². The van der Waals surface area contributed by atoms with Crippen LogP contribution in [0, 0.1) is 10.1 Å². The molecule has 2 N–H and O–H groups in total. The van der Waals surface area contributed by atoms with Gasteiger partial charge in [0.2, 0.25) is 11.8 Å². The molecule has 8 nitrogen and oxygen atoms in total. The summed E-state index contributed by atoms with van der Waals surface area (Å²) in [6.07, 6.45) is 2.97. The average Bonchev–Trinajstić information content (AvgIpc) is 2.38. The van der Waals surface area contributed by atoms with Crippen LogP contribution in [0.15, 0.2) is 6.20 Å². The maximum absolute atomic E-state index is 11.0. The lowest BCUT2D eigenvalue weighted by Crippen LogP contribution is -2.33. The maximum atomic E-state index is 11.0. The van der Waals surface area contributed by atoms with Crippen LogP contribution in [0.5, 0.6) is 0 Å². The van der Waals surface area contributed by atoms with Crippen molar-refractivity contribution >= 4 is 17.5 Å². The summed E-state index contributed by atoms with van der Waals surface area (Å²) >= 11 is 0. The molecule has 0 aliphatic carbocycles. The highest BCUT2D eigenvalue weighted by atomic mass is 16.6.